The van der Waals surface area contributed by atoms with E-state index in [9.17, 15) is 0 Å². The molecule has 1 aliphatic heterocycles. The highest BCUT2D eigenvalue weighted by molar-refractivity contribution is 6.31. The van der Waals surface area contributed by atoms with Crippen LogP contribution in [0.5, 0.6) is 11.5 Å². The molecule has 0 saturated heterocycles. The first kappa shape index (κ1) is 10.5. The van der Waals surface area contributed by atoms with Gasteiger partial charge in [0.05, 0.1) is 0 Å². The van der Waals surface area contributed by atoms with E-state index in [-0.39, 0.29) is 0 Å². The minimum absolute atomic E-state index is 0.299. The van der Waals surface area contributed by atoms with Crippen molar-refractivity contribution in [1.82, 2.24) is 0 Å². The lowest BCUT2D eigenvalue weighted by Gasteiger charge is -2.05. The topological polar surface area (TPSA) is 18.5 Å². The Morgan fingerprint density at radius 2 is 1.65 bits per heavy atom. The lowest BCUT2D eigenvalue weighted by molar-refractivity contribution is 0.174. The molecule has 0 bridgehead atoms. The molecule has 0 fully saturated rings. The van der Waals surface area contributed by atoms with Gasteiger partial charge in [-0.1, -0.05) is 29.8 Å². The minimum Gasteiger partial charge on any atom is -0.454 e. The molecule has 0 unspecified atom stereocenters. The van der Waals surface area contributed by atoms with Gasteiger partial charge < -0.3 is 9.47 Å². The summed E-state index contributed by atoms with van der Waals surface area (Å²) in [6.45, 7) is 2.29. The Kier molecular flexibility index (Phi) is 2.45. The molecule has 3 heteroatoms. The van der Waals surface area contributed by atoms with E-state index in [2.05, 4.69) is 6.07 Å². The number of hydrogen-bond donors (Lipinski definition) is 0. The highest BCUT2D eigenvalue weighted by atomic mass is 35.5. The lowest BCUT2D eigenvalue weighted by atomic mass is 10.0. The minimum atomic E-state index is 0.299. The van der Waals surface area contributed by atoms with E-state index in [1.54, 1.807) is 0 Å². The average Bonchev–Trinajstić information content (AvgIpc) is 2.79. The molecule has 0 saturated carbocycles. The molecule has 3 rings (SSSR count). The van der Waals surface area contributed by atoms with E-state index in [0.717, 1.165) is 33.2 Å². The molecule has 2 aromatic rings. The second-order valence-electron chi connectivity index (χ2n) is 4.03. The Balaban J connectivity index is 2.06. The first-order valence-corrected chi connectivity index (χ1v) is 5.78. The van der Waals surface area contributed by atoms with E-state index in [0.29, 0.717) is 6.79 Å². The van der Waals surface area contributed by atoms with Gasteiger partial charge in [-0.3, -0.25) is 0 Å². The van der Waals surface area contributed by atoms with Crippen molar-refractivity contribution in [2.75, 3.05) is 6.79 Å². The molecule has 1 heterocycles. The van der Waals surface area contributed by atoms with Crippen molar-refractivity contribution in [3.05, 3.63) is 47.0 Å². The van der Waals surface area contributed by atoms with Crippen LogP contribution in [-0.2, 0) is 0 Å². The van der Waals surface area contributed by atoms with Gasteiger partial charge in [-0.05, 0) is 41.8 Å². The second kappa shape index (κ2) is 3.97. The third-order valence-corrected chi connectivity index (χ3v) is 3.28. The van der Waals surface area contributed by atoms with Crippen molar-refractivity contribution in [2.24, 2.45) is 0 Å². The van der Waals surface area contributed by atoms with Gasteiger partial charge in [0, 0.05) is 5.02 Å². The molecule has 0 radical (unpaired) electrons. The quantitative estimate of drug-likeness (QED) is 0.756. The smallest absolute Gasteiger partial charge is 0.231 e. The normalized spacial score (nSPS) is 12.8. The number of halogens is 1. The fourth-order valence-corrected chi connectivity index (χ4v) is 2.03. The number of benzene rings is 2. The van der Waals surface area contributed by atoms with Gasteiger partial charge in [0.25, 0.3) is 0 Å². The van der Waals surface area contributed by atoms with Crippen molar-refractivity contribution in [2.45, 2.75) is 6.92 Å². The van der Waals surface area contributed by atoms with Gasteiger partial charge in [-0.15, -0.1) is 0 Å². The van der Waals surface area contributed by atoms with Gasteiger partial charge in [0.2, 0.25) is 6.79 Å². The summed E-state index contributed by atoms with van der Waals surface area (Å²) < 4.78 is 10.6. The fraction of sp³-hybridized carbons (Fsp3) is 0.143. The van der Waals surface area contributed by atoms with Crippen LogP contribution < -0.4 is 9.47 Å². The molecule has 1 aliphatic rings. The maximum absolute atomic E-state index is 6.13. The number of ether oxygens (including phenoxy) is 2. The third-order valence-electron chi connectivity index (χ3n) is 2.88. The molecular formula is C14H11ClO2. The fourth-order valence-electron chi connectivity index (χ4n) is 1.85. The maximum atomic E-state index is 6.13. The number of fused-ring (bicyclic) bond motifs is 1. The largest absolute Gasteiger partial charge is 0.454 e. The van der Waals surface area contributed by atoms with Crippen LogP contribution in [-0.4, -0.2) is 6.79 Å². The summed E-state index contributed by atoms with van der Waals surface area (Å²) >= 11 is 6.13. The Labute approximate surface area is 105 Å². The summed E-state index contributed by atoms with van der Waals surface area (Å²) in [7, 11) is 0. The molecular weight excluding hydrogens is 236 g/mol. The van der Waals surface area contributed by atoms with E-state index < -0.39 is 0 Å². The number of rotatable bonds is 1. The Hall–Kier alpha value is -1.67. The first-order chi connectivity index (χ1) is 8.24. The molecule has 0 aromatic heterocycles. The summed E-state index contributed by atoms with van der Waals surface area (Å²) in [6, 6.07) is 11.9. The summed E-state index contributed by atoms with van der Waals surface area (Å²) in [6.07, 6.45) is 0. The standard InChI is InChI=1S/C14H11ClO2/c1-9-2-3-10(6-12(9)15)11-4-5-13-14(7-11)17-8-16-13/h2-7H,8H2,1H3. The zero-order valence-electron chi connectivity index (χ0n) is 9.37. The zero-order chi connectivity index (χ0) is 11.8. The Morgan fingerprint density at radius 1 is 0.941 bits per heavy atom. The molecule has 0 N–H and O–H groups in total. The second-order valence-corrected chi connectivity index (χ2v) is 4.44. The van der Waals surface area contributed by atoms with Crippen LogP contribution >= 0.6 is 11.6 Å². The van der Waals surface area contributed by atoms with Crippen LogP contribution in [0.2, 0.25) is 5.02 Å². The summed E-state index contributed by atoms with van der Waals surface area (Å²) in [5.41, 5.74) is 3.24. The molecule has 0 aliphatic carbocycles. The lowest BCUT2D eigenvalue weighted by Crippen LogP contribution is -1.92. The van der Waals surface area contributed by atoms with Crippen molar-refractivity contribution >= 4 is 11.6 Å². The predicted molar refractivity (Wildman–Crippen MR) is 67.7 cm³/mol. The summed E-state index contributed by atoms with van der Waals surface area (Å²) in [5.74, 6) is 1.59. The van der Waals surface area contributed by atoms with Crippen LogP contribution in [0.3, 0.4) is 0 Å². The number of aryl methyl sites for hydroxylation is 1. The monoisotopic (exact) mass is 246 g/mol. The molecule has 86 valence electrons. The Bertz CT molecular complexity index is 578. The van der Waals surface area contributed by atoms with Crippen LogP contribution in [0.15, 0.2) is 36.4 Å². The molecule has 0 atom stereocenters. The summed E-state index contributed by atoms with van der Waals surface area (Å²) in [5, 5.41) is 0.778. The van der Waals surface area contributed by atoms with Gasteiger partial charge >= 0.3 is 0 Å². The highest BCUT2D eigenvalue weighted by Crippen LogP contribution is 2.36. The number of hydrogen-bond acceptors (Lipinski definition) is 2. The van der Waals surface area contributed by atoms with Gasteiger partial charge in [-0.2, -0.15) is 0 Å². The van der Waals surface area contributed by atoms with E-state index >= 15 is 0 Å². The van der Waals surface area contributed by atoms with Crippen molar-refractivity contribution in [3.8, 4) is 22.6 Å². The average molecular weight is 247 g/mol. The predicted octanol–water partition coefficient (Wildman–Crippen LogP) is 4.04. The van der Waals surface area contributed by atoms with Gasteiger partial charge in [-0.25, -0.2) is 0 Å². The van der Waals surface area contributed by atoms with Crippen molar-refractivity contribution in [3.63, 3.8) is 0 Å². The molecule has 2 nitrogen and oxygen atoms in total. The van der Waals surface area contributed by atoms with Crippen molar-refractivity contribution < 1.29 is 9.47 Å². The molecule has 0 spiro atoms. The van der Waals surface area contributed by atoms with Gasteiger partial charge in [0.15, 0.2) is 11.5 Å². The summed E-state index contributed by atoms with van der Waals surface area (Å²) in [4.78, 5) is 0. The first-order valence-electron chi connectivity index (χ1n) is 5.40. The molecule has 2 aromatic carbocycles. The Morgan fingerprint density at radius 3 is 2.47 bits per heavy atom. The highest BCUT2D eigenvalue weighted by Gasteiger charge is 2.13. The van der Waals surface area contributed by atoms with E-state index in [1.165, 1.54) is 0 Å². The van der Waals surface area contributed by atoms with Crippen LogP contribution in [0, 0.1) is 6.92 Å². The third kappa shape index (κ3) is 1.85. The van der Waals surface area contributed by atoms with Crippen LogP contribution in [0.4, 0.5) is 0 Å². The van der Waals surface area contributed by atoms with Crippen LogP contribution in [0.25, 0.3) is 11.1 Å². The van der Waals surface area contributed by atoms with E-state index in [1.807, 2.05) is 37.3 Å². The zero-order valence-corrected chi connectivity index (χ0v) is 10.1. The molecule has 17 heavy (non-hydrogen) atoms. The molecule has 0 amide bonds. The van der Waals surface area contributed by atoms with Crippen molar-refractivity contribution in [1.29, 1.82) is 0 Å². The van der Waals surface area contributed by atoms with Gasteiger partial charge in [0.1, 0.15) is 0 Å². The maximum Gasteiger partial charge on any atom is 0.231 e. The van der Waals surface area contributed by atoms with E-state index in [4.69, 9.17) is 21.1 Å². The van der Waals surface area contributed by atoms with Crippen LogP contribution in [0.1, 0.15) is 5.56 Å². The SMILES string of the molecule is Cc1ccc(-c2ccc3c(c2)OCO3)cc1Cl.